The van der Waals surface area contributed by atoms with Gasteiger partial charge in [-0.2, -0.15) is 5.10 Å². The summed E-state index contributed by atoms with van der Waals surface area (Å²) in [4.78, 5) is 23.3. The molecule has 2 N–H and O–H groups in total. The van der Waals surface area contributed by atoms with Crippen LogP contribution in [-0.2, 0) is 9.59 Å². The van der Waals surface area contributed by atoms with Gasteiger partial charge in [-0.05, 0) is 12.0 Å². The highest BCUT2D eigenvalue weighted by molar-refractivity contribution is 5.86. The van der Waals surface area contributed by atoms with Gasteiger partial charge in [-0.25, -0.2) is 5.43 Å². The molecule has 0 atom stereocenters. The lowest BCUT2D eigenvalue weighted by Gasteiger charge is -2.04. The van der Waals surface area contributed by atoms with Crippen LogP contribution in [0.2, 0.25) is 0 Å². The second-order valence-electron chi connectivity index (χ2n) is 6.56. The zero-order chi connectivity index (χ0) is 18.9. The summed E-state index contributed by atoms with van der Waals surface area (Å²) in [6.07, 6.45) is 13.1. The first-order valence-corrected chi connectivity index (χ1v) is 9.86. The molecule has 1 aromatic rings. The fraction of sp³-hybridized carbons (Fsp3) is 0.571. The van der Waals surface area contributed by atoms with Gasteiger partial charge in [0.15, 0.2) is 0 Å². The van der Waals surface area contributed by atoms with Gasteiger partial charge in [0, 0.05) is 6.42 Å². The van der Waals surface area contributed by atoms with Crippen LogP contribution in [0, 0.1) is 0 Å². The van der Waals surface area contributed by atoms with E-state index in [-0.39, 0.29) is 18.4 Å². The van der Waals surface area contributed by atoms with Gasteiger partial charge in [-0.3, -0.25) is 9.59 Å². The first-order valence-electron chi connectivity index (χ1n) is 9.86. The van der Waals surface area contributed by atoms with Crippen molar-refractivity contribution >= 4 is 18.0 Å². The van der Waals surface area contributed by atoms with E-state index in [1.807, 2.05) is 30.3 Å². The summed E-state index contributed by atoms with van der Waals surface area (Å²) < 4.78 is 0. The molecule has 0 unspecified atom stereocenters. The van der Waals surface area contributed by atoms with Crippen molar-refractivity contribution in [2.24, 2.45) is 5.10 Å². The molecule has 0 saturated heterocycles. The maximum atomic E-state index is 11.7. The number of nitrogens with zero attached hydrogens (tertiary/aromatic N) is 1. The third-order valence-corrected chi connectivity index (χ3v) is 4.16. The van der Waals surface area contributed by atoms with E-state index in [0.29, 0.717) is 6.42 Å². The van der Waals surface area contributed by atoms with E-state index in [1.54, 1.807) is 6.21 Å². The summed E-state index contributed by atoms with van der Waals surface area (Å²) in [6.45, 7) is 2.19. The summed E-state index contributed by atoms with van der Waals surface area (Å²) in [6, 6.07) is 9.50. The van der Waals surface area contributed by atoms with Crippen LogP contribution in [0.15, 0.2) is 35.4 Å². The Labute approximate surface area is 157 Å². The summed E-state index contributed by atoms with van der Waals surface area (Å²) in [5.74, 6) is -0.396. The highest BCUT2D eigenvalue weighted by atomic mass is 16.2. The minimum atomic E-state index is -0.322. The molecule has 0 fully saturated rings. The number of hydrazone groups is 1. The summed E-state index contributed by atoms with van der Waals surface area (Å²) in [7, 11) is 0. The molecule has 0 bridgehead atoms. The average Bonchev–Trinajstić information content (AvgIpc) is 2.66. The highest BCUT2D eigenvalue weighted by Crippen LogP contribution is 2.10. The average molecular weight is 360 g/mol. The molecule has 1 aromatic carbocycles. The quantitative estimate of drug-likeness (QED) is 0.297. The molecule has 0 heterocycles. The predicted molar refractivity (Wildman–Crippen MR) is 107 cm³/mol. The van der Waals surface area contributed by atoms with Crippen molar-refractivity contribution < 1.29 is 9.59 Å². The Hall–Kier alpha value is -2.17. The monoisotopic (exact) mass is 359 g/mol. The van der Waals surface area contributed by atoms with Crippen molar-refractivity contribution in [2.45, 2.75) is 71.1 Å². The minimum absolute atomic E-state index is 0.0393. The fourth-order valence-corrected chi connectivity index (χ4v) is 2.62. The molecule has 0 aromatic heterocycles. The Balaban J connectivity index is 1.97. The van der Waals surface area contributed by atoms with Gasteiger partial charge in [-0.1, -0.05) is 88.6 Å². The van der Waals surface area contributed by atoms with Gasteiger partial charge in [-0.15, -0.1) is 0 Å². The standard InChI is InChI=1S/C21H33N3O2/c1-2-3-4-5-6-7-8-9-13-16-20(25)22-18-21(26)24-23-17-19-14-11-10-12-15-19/h10-12,14-15,17H,2-9,13,16,18H2,1H3,(H,22,25)(H,24,26). The largest absolute Gasteiger partial charge is 0.347 e. The van der Waals surface area contributed by atoms with Crippen molar-refractivity contribution in [3.8, 4) is 0 Å². The topological polar surface area (TPSA) is 70.6 Å². The molecular formula is C21H33N3O2. The minimum Gasteiger partial charge on any atom is -0.347 e. The SMILES string of the molecule is CCCCCCCCCCCC(=O)NCC(=O)NN=Cc1ccccc1. The molecule has 0 spiro atoms. The Morgan fingerprint density at radius 1 is 0.885 bits per heavy atom. The van der Waals surface area contributed by atoms with E-state index in [4.69, 9.17) is 0 Å². The zero-order valence-corrected chi connectivity index (χ0v) is 16.0. The van der Waals surface area contributed by atoms with E-state index < -0.39 is 0 Å². The molecule has 0 saturated carbocycles. The van der Waals surface area contributed by atoms with E-state index in [1.165, 1.54) is 44.9 Å². The Bertz CT molecular complexity index is 529. The van der Waals surface area contributed by atoms with Crippen LogP contribution in [0.3, 0.4) is 0 Å². The van der Waals surface area contributed by atoms with Crippen LogP contribution in [0.5, 0.6) is 0 Å². The van der Waals surface area contributed by atoms with E-state index in [9.17, 15) is 9.59 Å². The van der Waals surface area contributed by atoms with Crippen molar-refractivity contribution in [1.82, 2.24) is 10.7 Å². The molecule has 0 aliphatic carbocycles. The molecule has 144 valence electrons. The molecule has 0 aliphatic rings. The number of amides is 2. The lowest BCUT2D eigenvalue weighted by atomic mass is 10.1. The third-order valence-electron chi connectivity index (χ3n) is 4.16. The second-order valence-corrected chi connectivity index (χ2v) is 6.56. The number of rotatable bonds is 14. The normalized spacial score (nSPS) is 10.8. The molecule has 5 heteroatoms. The van der Waals surface area contributed by atoms with Gasteiger partial charge in [0.2, 0.25) is 5.91 Å². The second kappa shape index (κ2) is 15.1. The van der Waals surface area contributed by atoms with Crippen molar-refractivity contribution in [3.63, 3.8) is 0 Å². The smallest absolute Gasteiger partial charge is 0.259 e. The first-order chi connectivity index (χ1) is 12.7. The number of carbonyl (C=O) groups excluding carboxylic acids is 2. The number of hydrogen-bond acceptors (Lipinski definition) is 3. The molecular weight excluding hydrogens is 326 g/mol. The maximum Gasteiger partial charge on any atom is 0.259 e. The number of nitrogens with one attached hydrogen (secondary N) is 2. The molecule has 2 amide bonds. The lowest BCUT2D eigenvalue weighted by molar-refractivity contribution is -0.126. The van der Waals surface area contributed by atoms with Crippen LogP contribution in [0.25, 0.3) is 0 Å². The first kappa shape index (κ1) is 21.9. The molecule has 0 radical (unpaired) electrons. The van der Waals surface area contributed by atoms with Gasteiger partial charge in [0.05, 0.1) is 12.8 Å². The summed E-state index contributed by atoms with van der Waals surface area (Å²) in [5.41, 5.74) is 3.31. The zero-order valence-electron chi connectivity index (χ0n) is 16.0. The van der Waals surface area contributed by atoms with Gasteiger partial charge in [0.1, 0.15) is 0 Å². The number of benzene rings is 1. The van der Waals surface area contributed by atoms with Gasteiger partial charge >= 0.3 is 0 Å². The Kier molecular flexibility index (Phi) is 12.7. The number of unbranched alkanes of at least 4 members (excludes halogenated alkanes) is 8. The molecule has 1 rings (SSSR count). The van der Waals surface area contributed by atoms with Crippen LogP contribution in [0.4, 0.5) is 0 Å². The maximum absolute atomic E-state index is 11.7. The molecule has 5 nitrogen and oxygen atoms in total. The predicted octanol–water partition coefficient (Wildman–Crippen LogP) is 4.17. The van der Waals surface area contributed by atoms with Gasteiger partial charge < -0.3 is 5.32 Å². The molecule has 26 heavy (non-hydrogen) atoms. The Morgan fingerprint density at radius 2 is 1.50 bits per heavy atom. The van der Waals surface area contributed by atoms with E-state index in [2.05, 4.69) is 22.8 Å². The van der Waals surface area contributed by atoms with E-state index >= 15 is 0 Å². The van der Waals surface area contributed by atoms with Crippen molar-refractivity contribution in [2.75, 3.05) is 6.54 Å². The van der Waals surface area contributed by atoms with E-state index in [0.717, 1.165) is 18.4 Å². The van der Waals surface area contributed by atoms with Crippen LogP contribution in [0.1, 0.15) is 76.7 Å². The third kappa shape index (κ3) is 12.2. The lowest BCUT2D eigenvalue weighted by Crippen LogP contribution is -2.34. The number of hydrogen-bond donors (Lipinski definition) is 2. The fourth-order valence-electron chi connectivity index (χ4n) is 2.62. The van der Waals surface area contributed by atoms with Crippen molar-refractivity contribution in [1.29, 1.82) is 0 Å². The molecule has 0 aliphatic heterocycles. The highest BCUT2D eigenvalue weighted by Gasteiger charge is 2.04. The summed E-state index contributed by atoms with van der Waals surface area (Å²) in [5, 5.41) is 6.50. The van der Waals surface area contributed by atoms with Crippen molar-refractivity contribution in [3.05, 3.63) is 35.9 Å². The van der Waals surface area contributed by atoms with Crippen LogP contribution < -0.4 is 10.7 Å². The Morgan fingerprint density at radius 3 is 2.15 bits per heavy atom. The van der Waals surface area contributed by atoms with Crippen LogP contribution >= 0.6 is 0 Å². The summed E-state index contributed by atoms with van der Waals surface area (Å²) >= 11 is 0. The number of carbonyl (C=O) groups is 2. The van der Waals surface area contributed by atoms with Gasteiger partial charge in [0.25, 0.3) is 5.91 Å². The van der Waals surface area contributed by atoms with Crippen LogP contribution in [-0.4, -0.2) is 24.6 Å².